The molecule has 1 aromatic rings. The zero-order valence-corrected chi connectivity index (χ0v) is 11.4. The van der Waals surface area contributed by atoms with Gasteiger partial charge in [-0.25, -0.2) is 0 Å². The summed E-state index contributed by atoms with van der Waals surface area (Å²) in [4.78, 5) is 0. The number of aryl methyl sites for hydroxylation is 1. The van der Waals surface area contributed by atoms with Crippen molar-refractivity contribution >= 4 is 34.6 Å². The Morgan fingerprint density at radius 3 is 2.75 bits per heavy atom. The van der Waals surface area contributed by atoms with Crippen LogP contribution in [0.15, 0.2) is 18.2 Å². The first-order valence-corrected chi connectivity index (χ1v) is 6.15. The van der Waals surface area contributed by atoms with E-state index in [1.807, 2.05) is 25.1 Å². The van der Waals surface area contributed by atoms with Crippen molar-refractivity contribution in [2.75, 3.05) is 5.32 Å². The monoisotopic (exact) mass is 256 g/mol. The molecule has 0 amide bonds. The molecule has 16 heavy (non-hydrogen) atoms. The topological polar surface area (TPSA) is 24.1 Å². The Morgan fingerprint density at radius 2 is 2.19 bits per heavy atom. The summed E-state index contributed by atoms with van der Waals surface area (Å²) >= 11 is 11.2. The molecule has 1 atom stereocenters. The van der Waals surface area contributed by atoms with Crippen molar-refractivity contribution in [1.82, 2.24) is 5.32 Å². The predicted molar refractivity (Wildman–Crippen MR) is 75.3 cm³/mol. The number of rotatable bonds is 3. The maximum absolute atomic E-state index is 6.03. The van der Waals surface area contributed by atoms with Crippen LogP contribution in [0.3, 0.4) is 0 Å². The van der Waals surface area contributed by atoms with Gasteiger partial charge in [0.05, 0.1) is 0 Å². The summed E-state index contributed by atoms with van der Waals surface area (Å²) < 4.78 is 0. The van der Waals surface area contributed by atoms with Crippen LogP contribution in [0.2, 0.25) is 5.02 Å². The summed E-state index contributed by atoms with van der Waals surface area (Å²) in [5, 5.41) is 7.68. The molecule has 1 rings (SSSR count). The lowest BCUT2D eigenvalue weighted by atomic mass is 10.2. The van der Waals surface area contributed by atoms with Gasteiger partial charge in [-0.1, -0.05) is 24.6 Å². The largest absolute Gasteiger partial charge is 0.360 e. The van der Waals surface area contributed by atoms with Crippen LogP contribution in [0, 0.1) is 6.92 Å². The quantitative estimate of drug-likeness (QED) is 0.806. The third-order valence-electron chi connectivity index (χ3n) is 2.42. The molecule has 4 heteroatoms. The molecule has 0 spiro atoms. The van der Waals surface area contributed by atoms with E-state index in [1.165, 1.54) is 0 Å². The molecule has 88 valence electrons. The van der Waals surface area contributed by atoms with E-state index in [9.17, 15) is 0 Å². The summed E-state index contributed by atoms with van der Waals surface area (Å²) in [6.45, 7) is 6.18. The van der Waals surface area contributed by atoms with Gasteiger partial charge in [0, 0.05) is 16.8 Å². The number of halogens is 1. The summed E-state index contributed by atoms with van der Waals surface area (Å²) in [5.41, 5.74) is 1.98. The highest BCUT2D eigenvalue weighted by Crippen LogP contribution is 2.19. The minimum Gasteiger partial charge on any atom is -0.360 e. The zero-order valence-electron chi connectivity index (χ0n) is 9.80. The van der Waals surface area contributed by atoms with Crippen molar-refractivity contribution in [1.29, 1.82) is 0 Å². The van der Waals surface area contributed by atoms with Crippen molar-refractivity contribution in [3.63, 3.8) is 0 Å². The molecule has 0 saturated heterocycles. The van der Waals surface area contributed by atoms with Crippen molar-refractivity contribution in [2.24, 2.45) is 0 Å². The third-order valence-corrected chi connectivity index (χ3v) is 3.05. The molecule has 1 aromatic carbocycles. The van der Waals surface area contributed by atoms with Crippen LogP contribution in [-0.4, -0.2) is 11.2 Å². The van der Waals surface area contributed by atoms with Crippen LogP contribution in [0.25, 0.3) is 0 Å². The lowest BCUT2D eigenvalue weighted by Gasteiger charge is -2.15. The molecule has 0 bridgehead atoms. The van der Waals surface area contributed by atoms with Gasteiger partial charge in [-0.3, -0.25) is 0 Å². The minimum absolute atomic E-state index is 0.376. The molecule has 0 saturated carbocycles. The summed E-state index contributed by atoms with van der Waals surface area (Å²) in [6.07, 6.45) is 1.04. The van der Waals surface area contributed by atoms with Crippen LogP contribution >= 0.6 is 23.8 Å². The highest BCUT2D eigenvalue weighted by Gasteiger charge is 2.03. The van der Waals surface area contributed by atoms with Gasteiger partial charge in [-0.2, -0.15) is 0 Å². The van der Waals surface area contributed by atoms with Gasteiger partial charge in [-0.05, 0) is 50.2 Å². The standard InChI is InChI=1S/C12H17ClN2S/c1-4-9(3)14-12(16)15-10-6-5-8(2)11(13)7-10/h5-7,9H,4H2,1-3H3,(H2,14,15,16)/t9-/m0/s1. The minimum atomic E-state index is 0.376. The number of hydrogen-bond acceptors (Lipinski definition) is 1. The summed E-state index contributed by atoms with van der Waals surface area (Å²) in [7, 11) is 0. The lowest BCUT2D eigenvalue weighted by molar-refractivity contribution is 0.646. The Morgan fingerprint density at radius 1 is 1.50 bits per heavy atom. The summed E-state index contributed by atoms with van der Waals surface area (Å²) in [6, 6.07) is 6.19. The molecule has 0 aliphatic heterocycles. The molecule has 0 aliphatic carbocycles. The molecule has 0 unspecified atom stereocenters. The number of hydrogen-bond donors (Lipinski definition) is 2. The lowest BCUT2D eigenvalue weighted by Crippen LogP contribution is -2.35. The Hall–Kier alpha value is -0.800. The van der Waals surface area contributed by atoms with Gasteiger partial charge in [0.1, 0.15) is 0 Å². The summed E-state index contributed by atoms with van der Waals surface area (Å²) in [5.74, 6) is 0. The molecule has 2 nitrogen and oxygen atoms in total. The molecular weight excluding hydrogens is 240 g/mol. The fourth-order valence-electron chi connectivity index (χ4n) is 1.16. The fourth-order valence-corrected chi connectivity index (χ4v) is 1.66. The van der Waals surface area contributed by atoms with Crippen LogP contribution in [0.5, 0.6) is 0 Å². The van der Waals surface area contributed by atoms with E-state index in [4.69, 9.17) is 23.8 Å². The smallest absolute Gasteiger partial charge is 0.170 e. The average molecular weight is 257 g/mol. The van der Waals surface area contributed by atoms with Crippen molar-refractivity contribution in [2.45, 2.75) is 33.2 Å². The van der Waals surface area contributed by atoms with Crippen LogP contribution in [0.4, 0.5) is 5.69 Å². The maximum atomic E-state index is 6.03. The second-order valence-electron chi connectivity index (χ2n) is 3.87. The second kappa shape index (κ2) is 6.06. The van der Waals surface area contributed by atoms with E-state index >= 15 is 0 Å². The number of anilines is 1. The molecule has 0 aromatic heterocycles. The van der Waals surface area contributed by atoms with E-state index < -0.39 is 0 Å². The molecule has 0 heterocycles. The Kier molecular flexibility index (Phi) is 5.03. The molecule has 0 fully saturated rings. The maximum Gasteiger partial charge on any atom is 0.170 e. The van der Waals surface area contributed by atoms with E-state index in [-0.39, 0.29) is 0 Å². The average Bonchev–Trinajstić information content (AvgIpc) is 2.23. The Labute approximate surface area is 107 Å². The van der Waals surface area contributed by atoms with Gasteiger partial charge in [0.2, 0.25) is 0 Å². The van der Waals surface area contributed by atoms with E-state index in [0.717, 1.165) is 22.7 Å². The highest BCUT2D eigenvalue weighted by molar-refractivity contribution is 7.80. The Bertz CT molecular complexity index is 379. The first kappa shape index (κ1) is 13.3. The van der Waals surface area contributed by atoms with E-state index in [2.05, 4.69) is 24.5 Å². The SMILES string of the molecule is CC[C@H](C)NC(=S)Nc1ccc(C)c(Cl)c1. The normalized spacial score (nSPS) is 12.0. The molecule has 2 N–H and O–H groups in total. The van der Waals surface area contributed by atoms with Gasteiger partial charge < -0.3 is 10.6 Å². The van der Waals surface area contributed by atoms with Crippen LogP contribution < -0.4 is 10.6 Å². The molecule has 0 aliphatic rings. The van der Waals surface area contributed by atoms with Gasteiger partial charge in [-0.15, -0.1) is 0 Å². The highest BCUT2D eigenvalue weighted by atomic mass is 35.5. The number of thiocarbonyl (C=S) groups is 1. The van der Waals surface area contributed by atoms with E-state index in [1.54, 1.807) is 0 Å². The molecule has 0 radical (unpaired) electrons. The van der Waals surface area contributed by atoms with Gasteiger partial charge >= 0.3 is 0 Å². The third kappa shape index (κ3) is 3.99. The number of nitrogens with one attached hydrogen (secondary N) is 2. The van der Waals surface area contributed by atoms with Crippen LogP contribution in [-0.2, 0) is 0 Å². The second-order valence-corrected chi connectivity index (χ2v) is 4.69. The molecular formula is C12H17ClN2S. The number of benzene rings is 1. The zero-order chi connectivity index (χ0) is 12.1. The van der Waals surface area contributed by atoms with Crippen molar-refractivity contribution in [3.05, 3.63) is 28.8 Å². The Balaban J connectivity index is 2.59. The van der Waals surface area contributed by atoms with Crippen molar-refractivity contribution in [3.8, 4) is 0 Å². The van der Waals surface area contributed by atoms with Gasteiger partial charge in [0.15, 0.2) is 5.11 Å². The first-order valence-electron chi connectivity index (χ1n) is 5.36. The first-order chi connectivity index (χ1) is 7.52. The van der Waals surface area contributed by atoms with E-state index in [0.29, 0.717) is 11.2 Å². The predicted octanol–water partition coefficient (Wildman–Crippen LogP) is 3.73. The van der Waals surface area contributed by atoms with Gasteiger partial charge in [0.25, 0.3) is 0 Å². The van der Waals surface area contributed by atoms with Crippen LogP contribution in [0.1, 0.15) is 25.8 Å². The van der Waals surface area contributed by atoms with Crippen molar-refractivity contribution < 1.29 is 0 Å². The fraction of sp³-hybridized carbons (Fsp3) is 0.417.